The lowest BCUT2D eigenvalue weighted by Crippen LogP contribution is -2.57. The van der Waals surface area contributed by atoms with E-state index >= 15 is 0 Å². The number of amides is 3. The smallest absolute Gasteiger partial charge is 0.326 e. The Morgan fingerprint density at radius 1 is 1.10 bits per heavy atom. The van der Waals surface area contributed by atoms with Crippen LogP contribution in [0.2, 0.25) is 0 Å². The second kappa shape index (κ2) is 14.1. The van der Waals surface area contributed by atoms with Gasteiger partial charge in [-0.1, -0.05) is 18.2 Å². The molecule has 0 saturated carbocycles. The molecule has 1 aliphatic rings. The van der Waals surface area contributed by atoms with E-state index < -0.39 is 60.2 Å². The Hall–Kier alpha value is -4.66. The molecule has 4 atom stereocenters. The number of likely N-dealkylation sites (tertiary alicyclic amines) is 1. The molecule has 1 aromatic heterocycles. The molecule has 3 rings (SSSR count). The normalized spacial score (nSPS) is 16.9. The Labute approximate surface area is 235 Å². The summed E-state index contributed by atoms with van der Waals surface area (Å²) < 4.78 is 0. The fourth-order valence-corrected chi connectivity index (χ4v) is 4.81. The minimum Gasteiger partial charge on any atom is -0.481 e. The van der Waals surface area contributed by atoms with E-state index in [1.165, 1.54) is 4.90 Å². The summed E-state index contributed by atoms with van der Waals surface area (Å²) in [5, 5.41) is 24.7. The van der Waals surface area contributed by atoms with Crippen LogP contribution in [0.3, 0.4) is 0 Å². The number of aliphatic carboxylic acids is 2. The molecule has 0 radical (unpaired) electrons. The number of hydrogen-bond donors (Lipinski definition) is 8. The minimum absolute atomic E-state index is 0.0245. The van der Waals surface area contributed by atoms with Gasteiger partial charge in [0.05, 0.1) is 12.5 Å². The Morgan fingerprint density at radius 2 is 1.83 bits per heavy atom. The number of nitrogens with zero attached hydrogens (tertiary/aromatic N) is 2. The Morgan fingerprint density at radius 3 is 2.51 bits per heavy atom. The number of aliphatic imine (C=N–C) groups is 1. The van der Waals surface area contributed by atoms with E-state index in [1.807, 2.05) is 24.3 Å². The van der Waals surface area contributed by atoms with Crippen molar-refractivity contribution in [1.29, 1.82) is 0 Å². The summed E-state index contributed by atoms with van der Waals surface area (Å²) in [5.41, 5.74) is 17.9. The van der Waals surface area contributed by atoms with Crippen LogP contribution in [0.25, 0.3) is 10.9 Å². The van der Waals surface area contributed by atoms with Crippen molar-refractivity contribution in [2.45, 2.75) is 62.7 Å². The van der Waals surface area contributed by atoms with Crippen LogP contribution in [0.15, 0.2) is 35.5 Å². The lowest BCUT2D eigenvalue weighted by molar-refractivity contribution is -0.145. The molecule has 0 spiro atoms. The van der Waals surface area contributed by atoms with Crippen molar-refractivity contribution >= 4 is 46.5 Å². The SMILES string of the molecule is NC(N)=NCCCC(NC(=O)C(N)CC(=O)O)C(=O)N1CCCC1C(=O)NC(Cc1c[nH]c2ccccc12)C(=O)O. The van der Waals surface area contributed by atoms with Crippen molar-refractivity contribution in [1.82, 2.24) is 20.5 Å². The second-order valence-electron chi connectivity index (χ2n) is 9.87. The lowest BCUT2D eigenvalue weighted by Gasteiger charge is -2.30. The zero-order chi connectivity index (χ0) is 30.1. The number of aromatic amines is 1. The number of rotatable bonds is 14. The van der Waals surface area contributed by atoms with E-state index in [0.717, 1.165) is 10.9 Å². The number of benzene rings is 1. The molecule has 222 valence electrons. The first kappa shape index (κ1) is 30.9. The molecule has 1 fully saturated rings. The molecule has 1 aliphatic heterocycles. The molecule has 0 aliphatic carbocycles. The van der Waals surface area contributed by atoms with Gasteiger partial charge in [-0.3, -0.25) is 24.2 Å². The second-order valence-corrected chi connectivity index (χ2v) is 9.87. The van der Waals surface area contributed by atoms with Gasteiger partial charge in [-0.05, 0) is 37.3 Å². The largest absolute Gasteiger partial charge is 0.481 e. The molecule has 2 aromatic rings. The van der Waals surface area contributed by atoms with E-state index in [1.54, 1.807) is 6.20 Å². The molecule has 15 heteroatoms. The maximum absolute atomic E-state index is 13.6. The molecule has 15 nitrogen and oxygen atoms in total. The highest BCUT2D eigenvalue weighted by molar-refractivity contribution is 5.95. The van der Waals surface area contributed by atoms with Gasteiger partial charge >= 0.3 is 11.9 Å². The van der Waals surface area contributed by atoms with Gasteiger partial charge < -0.3 is 47.9 Å². The third-order valence-electron chi connectivity index (χ3n) is 6.84. The third kappa shape index (κ3) is 8.41. The highest BCUT2D eigenvalue weighted by Gasteiger charge is 2.39. The molecule has 2 heterocycles. The van der Waals surface area contributed by atoms with Crippen LogP contribution >= 0.6 is 0 Å². The number of carboxylic acid groups (broad SMARTS) is 2. The van der Waals surface area contributed by atoms with Gasteiger partial charge in [-0.15, -0.1) is 0 Å². The summed E-state index contributed by atoms with van der Waals surface area (Å²) in [6.45, 7) is 0.375. The van der Waals surface area contributed by atoms with Gasteiger partial charge in [-0.2, -0.15) is 0 Å². The highest BCUT2D eigenvalue weighted by Crippen LogP contribution is 2.22. The monoisotopic (exact) mass is 572 g/mol. The Balaban J connectivity index is 1.73. The van der Waals surface area contributed by atoms with Gasteiger partial charge in [-0.25, -0.2) is 4.79 Å². The fraction of sp³-hybridized carbons (Fsp3) is 0.462. The van der Waals surface area contributed by atoms with E-state index in [0.29, 0.717) is 24.8 Å². The standard InChI is InChI=1S/C26H36N8O7/c27-16(12-21(35)36)22(37)32-18(7-3-9-30-26(28)29)24(39)34-10-4-8-20(34)23(38)33-19(25(40)41)11-14-13-31-17-6-2-1-5-15(14)17/h1-2,5-6,13,16,18-20,31H,3-4,7-12,27H2,(H,32,37)(H,33,38)(H,35,36)(H,40,41)(H4,28,29,30). The van der Waals surface area contributed by atoms with Crippen LogP contribution < -0.4 is 27.8 Å². The molecule has 1 saturated heterocycles. The van der Waals surface area contributed by atoms with Crippen molar-refractivity contribution in [2.75, 3.05) is 13.1 Å². The number of aromatic nitrogens is 1. The number of nitrogens with two attached hydrogens (primary N) is 3. The van der Waals surface area contributed by atoms with Gasteiger partial charge in [0.1, 0.15) is 18.1 Å². The van der Waals surface area contributed by atoms with E-state index in [9.17, 15) is 29.1 Å². The summed E-state index contributed by atoms with van der Waals surface area (Å²) in [7, 11) is 0. The van der Waals surface area contributed by atoms with Crippen molar-refractivity contribution < 1.29 is 34.2 Å². The predicted octanol–water partition coefficient (Wildman–Crippen LogP) is -1.39. The van der Waals surface area contributed by atoms with Crippen molar-refractivity contribution in [3.05, 3.63) is 36.0 Å². The average molecular weight is 573 g/mol. The van der Waals surface area contributed by atoms with Crippen LogP contribution in [0.4, 0.5) is 0 Å². The number of carboxylic acids is 2. The first-order valence-corrected chi connectivity index (χ1v) is 13.2. The summed E-state index contributed by atoms with van der Waals surface area (Å²) in [6.07, 6.45) is 2.24. The maximum atomic E-state index is 13.6. The summed E-state index contributed by atoms with van der Waals surface area (Å²) in [4.78, 5) is 70.7. The Kier molecular flexibility index (Phi) is 10.6. The van der Waals surface area contributed by atoms with E-state index in [4.69, 9.17) is 22.3 Å². The molecule has 41 heavy (non-hydrogen) atoms. The predicted molar refractivity (Wildman–Crippen MR) is 148 cm³/mol. The van der Waals surface area contributed by atoms with Crippen molar-refractivity contribution in [2.24, 2.45) is 22.2 Å². The molecule has 4 unspecified atom stereocenters. The van der Waals surface area contributed by atoms with Gasteiger partial charge in [0.2, 0.25) is 17.7 Å². The number of fused-ring (bicyclic) bond motifs is 1. The van der Waals surface area contributed by atoms with Crippen LogP contribution in [-0.4, -0.2) is 93.0 Å². The van der Waals surface area contributed by atoms with Crippen LogP contribution in [0, 0.1) is 0 Å². The number of H-pyrrole nitrogens is 1. The molecule has 0 bridgehead atoms. The Bertz CT molecular complexity index is 1310. The quantitative estimate of drug-likeness (QED) is 0.0746. The molecule has 11 N–H and O–H groups in total. The number of carbonyl (C=O) groups is 5. The van der Waals surface area contributed by atoms with Crippen LogP contribution in [0.5, 0.6) is 0 Å². The van der Waals surface area contributed by atoms with Crippen LogP contribution in [-0.2, 0) is 30.4 Å². The lowest BCUT2D eigenvalue weighted by atomic mass is 10.0. The number of guanidine groups is 1. The van der Waals surface area contributed by atoms with Crippen LogP contribution in [0.1, 0.15) is 37.7 Å². The number of hydrogen-bond acceptors (Lipinski definition) is 7. The number of nitrogens with one attached hydrogen (secondary N) is 3. The summed E-state index contributed by atoms with van der Waals surface area (Å²) in [5.74, 6) is -4.69. The zero-order valence-electron chi connectivity index (χ0n) is 22.4. The van der Waals surface area contributed by atoms with Crippen molar-refractivity contribution in [3.8, 4) is 0 Å². The zero-order valence-corrected chi connectivity index (χ0v) is 22.4. The van der Waals surface area contributed by atoms with Gasteiger partial charge in [0, 0.05) is 36.6 Å². The van der Waals surface area contributed by atoms with Gasteiger partial charge in [0.15, 0.2) is 5.96 Å². The topological polar surface area (TPSA) is 259 Å². The minimum atomic E-state index is -1.39. The van der Waals surface area contributed by atoms with E-state index in [2.05, 4.69) is 20.6 Å². The fourth-order valence-electron chi connectivity index (χ4n) is 4.81. The third-order valence-corrected chi connectivity index (χ3v) is 6.84. The molecule has 1 aromatic carbocycles. The number of carbonyl (C=O) groups excluding carboxylic acids is 3. The van der Waals surface area contributed by atoms with Crippen molar-refractivity contribution in [3.63, 3.8) is 0 Å². The number of para-hydroxylation sites is 1. The molecule has 3 amide bonds. The van der Waals surface area contributed by atoms with Gasteiger partial charge in [0.25, 0.3) is 0 Å². The average Bonchev–Trinajstić information content (AvgIpc) is 3.56. The molecular formula is C26H36N8O7. The summed E-state index contributed by atoms with van der Waals surface area (Å²) in [6, 6.07) is 2.66. The first-order valence-electron chi connectivity index (χ1n) is 13.2. The highest BCUT2D eigenvalue weighted by atomic mass is 16.4. The first-order chi connectivity index (χ1) is 19.5. The maximum Gasteiger partial charge on any atom is 0.326 e. The molecular weight excluding hydrogens is 536 g/mol. The summed E-state index contributed by atoms with van der Waals surface area (Å²) >= 11 is 0. The van der Waals surface area contributed by atoms with E-state index in [-0.39, 0.29) is 31.9 Å².